The van der Waals surface area contributed by atoms with Gasteiger partial charge in [0.25, 0.3) is 5.69 Å². The molecule has 0 bridgehead atoms. The number of fused-ring (bicyclic) bond motifs is 1. The van der Waals surface area contributed by atoms with Crippen LogP contribution in [-0.2, 0) is 16.4 Å². The lowest BCUT2D eigenvalue weighted by molar-refractivity contribution is -0.385. The second kappa shape index (κ2) is 6.33. The molecule has 0 aliphatic heterocycles. The number of hydrogen-bond donors (Lipinski definition) is 1. The maximum atomic E-state index is 12.8. The molecule has 1 N–H and O–H groups in total. The van der Waals surface area contributed by atoms with Crippen LogP contribution in [0.1, 0.15) is 35.6 Å². The number of benzene rings is 2. The van der Waals surface area contributed by atoms with Gasteiger partial charge in [-0.05, 0) is 42.9 Å². The zero-order valence-electron chi connectivity index (χ0n) is 13.2. The number of nitro groups is 1. The van der Waals surface area contributed by atoms with E-state index >= 15 is 0 Å². The number of aryl methyl sites for hydroxylation is 2. The molecule has 7 heteroatoms. The van der Waals surface area contributed by atoms with E-state index in [1.165, 1.54) is 12.1 Å². The van der Waals surface area contributed by atoms with Crippen LogP contribution in [0.3, 0.4) is 0 Å². The summed E-state index contributed by atoms with van der Waals surface area (Å²) < 4.78 is 28.3. The molecule has 0 saturated carbocycles. The van der Waals surface area contributed by atoms with Gasteiger partial charge in [-0.15, -0.1) is 0 Å². The van der Waals surface area contributed by atoms with Gasteiger partial charge in [0.1, 0.15) is 0 Å². The molecule has 0 heterocycles. The zero-order valence-corrected chi connectivity index (χ0v) is 14.0. The lowest BCUT2D eigenvalue weighted by Gasteiger charge is -2.26. The van der Waals surface area contributed by atoms with Crippen molar-refractivity contribution >= 4 is 15.7 Å². The fourth-order valence-corrected chi connectivity index (χ4v) is 4.63. The van der Waals surface area contributed by atoms with E-state index in [0.717, 1.165) is 30.0 Å². The van der Waals surface area contributed by atoms with Crippen molar-refractivity contribution in [2.24, 2.45) is 0 Å². The van der Waals surface area contributed by atoms with Crippen molar-refractivity contribution in [2.45, 2.75) is 37.1 Å². The first-order valence-electron chi connectivity index (χ1n) is 7.73. The summed E-state index contributed by atoms with van der Waals surface area (Å²) >= 11 is 0. The normalized spacial score (nSPS) is 17.3. The number of rotatable bonds is 4. The highest BCUT2D eigenvalue weighted by Crippen LogP contribution is 2.31. The summed E-state index contributed by atoms with van der Waals surface area (Å²) in [7, 11) is -3.84. The monoisotopic (exact) mass is 346 g/mol. The van der Waals surface area contributed by atoms with Gasteiger partial charge in [0.2, 0.25) is 10.0 Å². The smallest absolute Gasteiger partial charge is 0.258 e. The molecule has 6 nitrogen and oxygen atoms in total. The van der Waals surface area contributed by atoms with E-state index in [4.69, 9.17) is 0 Å². The number of non-ortho nitro benzene ring substituents is 1. The van der Waals surface area contributed by atoms with E-state index in [9.17, 15) is 18.5 Å². The van der Waals surface area contributed by atoms with Crippen LogP contribution in [-0.4, -0.2) is 13.3 Å². The van der Waals surface area contributed by atoms with Crippen LogP contribution in [0.15, 0.2) is 47.4 Å². The van der Waals surface area contributed by atoms with Crippen molar-refractivity contribution in [3.63, 3.8) is 0 Å². The third-order valence-electron chi connectivity index (χ3n) is 4.34. The van der Waals surface area contributed by atoms with Gasteiger partial charge < -0.3 is 0 Å². The average molecular weight is 346 g/mol. The van der Waals surface area contributed by atoms with Gasteiger partial charge in [-0.3, -0.25) is 10.1 Å². The third kappa shape index (κ3) is 3.18. The first-order valence-corrected chi connectivity index (χ1v) is 9.22. The van der Waals surface area contributed by atoms with E-state index in [1.807, 2.05) is 24.3 Å². The van der Waals surface area contributed by atoms with Crippen molar-refractivity contribution < 1.29 is 13.3 Å². The van der Waals surface area contributed by atoms with Crippen LogP contribution in [0.25, 0.3) is 0 Å². The number of nitro benzene ring substituents is 1. The Morgan fingerprint density at radius 3 is 2.71 bits per heavy atom. The Balaban J connectivity index is 1.96. The molecule has 24 heavy (non-hydrogen) atoms. The molecule has 126 valence electrons. The van der Waals surface area contributed by atoms with Gasteiger partial charge >= 0.3 is 0 Å². The van der Waals surface area contributed by atoms with Crippen LogP contribution in [0, 0.1) is 17.0 Å². The van der Waals surface area contributed by atoms with Crippen molar-refractivity contribution in [1.82, 2.24) is 4.72 Å². The predicted octanol–water partition coefficient (Wildman–Crippen LogP) is 3.26. The van der Waals surface area contributed by atoms with Crippen molar-refractivity contribution in [1.29, 1.82) is 0 Å². The lowest BCUT2D eigenvalue weighted by atomic mass is 9.88. The molecule has 0 fully saturated rings. The summed E-state index contributed by atoms with van der Waals surface area (Å²) in [6, 6.07) is 11.4. The summed E-state index contributed by atoms with van der Waals surface area (Å²) in [5, 5.41) is 10.9. The van der Waals surface area contributed by atoms with E-state index in [1.54, 1.807) is 6.92 Å². The van der Waals surface area contributed by atoms with Crippen LogP contribution in [0.5, 0.6) is 0 Å². The molecule has 0 saturated heterocycles. The molecule has 1 atom stereocenters. The SMILES string of the molecule is Cc1ccc([N+](=O)[O-])cc1S(=O)(=O)NC1CCCc2ccccc21. The lowest BCUT2D eigenvalue weighted by Crippen LogP contribution is -2.31. The topological polar surface area (TPSA) is 89.3 Å². The minimum Gasteiger partial charge on any atom is -0.258 e. The highest BCUT2D eigenvalue weighted by Gasteiger charge is 2.27. The second-order valence-corrected chi connectivity index (χ2v) is 7.65. The Morgan fingerprint density at radius 1 is 1.21 bits per heavy atom. The summed E-state index contributed by atoms with van der Waals surface area (Å²) in [6.07, 6.45) is 2.55. The van der Waals surface area contributed by atoms with Gasteiger partial charge in [0, 0.05) is 18.2 Å². The summed E-state index contributed by atoms with van der Waals surface area (Å²) in [6.45, 7) is 1.63. The molecule has 1 unspecified atom stereocenters. The summed E-state index contributed by atoms with van der Waals surface area (Å²) in [4.78, 5) is 10.3. The fourth-order valence-electron chi connectivity index (χ4n) is 3.12. The molecule has 0 amide bonds. The Morgan fingerprint density at radius 2 is 1.96 bits per heavy atom. The minimum atomic E-state index is -3.84. The fraction of sp³-hybridized carbons (Fsp3) is 0.294. The maximum absolute atomic E-state index is 12.8. The van der Waals surface area contributed by atoms with Crippen LogP contribution >= 0.6 is 0 Å². The Hall–Kier alpha value is -2.25. The largest absolute Gasteiger partial charge is 0.270 e. The van der Waals surface area contributed by atoms with Crippen LogP contribution < -0.4 is 4.72 Å². The number of sulfonamides is 1. The molecule has 0 radical (unpaired) electrons. The van der Waals surface area contributed by atoms with E-state index < -0.39 is 14.9 Å². The highest BCUT2D eigenvalue weighted by atomic mass is 32.2. The van der Waals surface area contributed by atoms with Crippen LogP contribution in [0.4, 0.5) is 5.69 Å². The molecule has 2 aromatic carbocycles. The maximum Gasteiger partial charge on any atom is 0.270 e. The molecular formula is C17H18N2O4S. The first kappa shape index (κ1) is 16.6. The van der Waals surface area contributed by atoms with Gasteiger partial charge in [0.05, 0.1) is 9.82 Å². The molecule has 2 aromatic rings. The molecule has 1 aliphatic rings. The van der Waals surface area contributed by atoms with Gasteiger partial charge in [-0.2, -0.15) is 0 Å². The van der Waals surface area contributed by atoms with E-state index in [2.05, 4.69) is 4.72 Å². The highest BCUT2D eigenvalue weighted by molar-refractivity contribution is 7.89. The number of nitrogens with one attached hydrogen (secondary N) is 1. The first-order chi connectivity index (χ1) is 11.4. The average Bonchev–Trinajstić information content (AvgIpc) is 2.55. The molecule has 3 rings (SSSR count). The molecule has 0 aromatic heterocycles. The van der Waals surface area contributed by atoms with E-state index in [-0.39, 0.29) is 16.6 Å². The van der Waals surface area contributed by atoms with Gasteiger partial charge in [-0.1, -0.05) is 30.3 Å². The van der Waals surface area contributed by atoms with Crippen LogP contribution in [0.2, 0.25) is 0 Å². The minimum absolute atomic E-state index is 0.0419. The summed E-state index contributed by atoms with van der Waals surface area (Å²) in [5.74, 6) is 0. The predicted molar refractivity (Wildman–Crippen MR) is 90.3 cm³/mol. The van der Waals surface area contributed by atoms with Crippen molar-refractivity contribution in [3.05, 3.63) is 69.3 Å². The second-order valence-electron chi connectivity index (χ2n) is 5.97. The number of hydrogen-bond acceptors (Lipinski definition) is 4. The number of nitrogens with zero attached hydrogens (tertiary/aromatic N) is 1. The molecule has 0 spiro atoms. The van der Waals surface area contributed by atoms with E-state index in [0.29, 0.717) is 12.0 Å². The molecule has 1 aliphatic carbocycles. The standard InChI is InChI=1S/C17H18N2O4S/c1-12-9-10-14(19(20)21)11-17(12)24(22,23)18-16-8-4-6-13-5-2-3-7-15(13)16/h2-3,5,7,9-11,16,18H,4,6,8H2,1H3. The van der Waals surface area contributed by atoms with Crippen molar-refractivity contribution in [2.75, 3.05) is 0 Å². The van der Waals surface area contributed by atoms with Crippen molar-refractivity contribution in [3.8, 4) is 0 Å². The Kier molecular flexibility index (Phi) is 4.38. The Bertz CT molecular complexity index is 893. The zero-order chi connectivity index (χ0) is 17.3. The summed E-state index contributed by atoms with van der Waals surface area (Å²) in [5.41, 5.74) is 2.38. The Labute approximate surface area is 140 Å². The van der Waals surface area contributed by atoms with Gasteiger partial charge in [0.15, 0.2) is 0 Å². The quantitative estimate of drug-likeness (QED) is 0.680. The van der Waals surface area contributed by atoms with Gasteiger partial charge in [-0.25, -0.2) is 13.1 Å². The molecular weight excluding hydrogens is 328 g/mol. The third-order valence-corrected chi connectivity index (χ3v) is 5.95.